The van der Waals surface area contributed by atoms with Gasteiger partial charge in [0.15, 0.2) is 0 Å². The third-order valence-electron chi connectivity index (χ3n) is 6.82. The van der Waals surface area contributed by atoms with Crippen molar-refractivity contribution in [1.29, 1.82) is 0 Å². The number of H-pyrrole nitrogens is 1. The van der Waals surface area contributed by atoms with Crippen molar-refractivity contribution in [2.45, 2.75) is 68.7 Å². The Hall–Kier alpha value is -3.57. The number of nitrogens with zero attached hydrogens (tertiary/aromatic N) is 3. The van der Waals surface area contributed by atoms with Crippen LogP contribution in [0.5, 0.6) is 0 Å². The molecule has 0 bridgehead atoms. The first kappa shape index (κ1) is 26.1. The molecule has 10 nitrogen and oxygen atoms in total. The Morgan fingerprint density at radius 1 is 1.05 bits per heavy atom. The van der Waals surface area contributed by atoms with E-state index >= 15 is 0 Å². The van der Waals surface area contributed by atoms with Crippen LogP contribution in [0.15, 0.2) is 51.8 Å². The average Bonchev–Trinajstić information content (AvgIpc) is 3.56. The molecule has 5 rings (SSSR count). The van der Waals surface area contributed by atoms with Gasteiger partial charge < -0.3 is 14.1 Å². The van der Waals surface area contributed by atoms with E-state index in [9.17, 15) is 13.2 Å². The van der Waals surface area contributed by atoms with Gasteiger partial charge >= 0.3 is 5.97 Å². The van der Waals surface area contributed by atoms with Crippen LogP contribution in [0, 0.1) is 0 Å². The second-order valence-corrected chi connectivity index (χ2v) is 12.4. The number of aromatic nitrogens is 4. The van der Waals surface area contributed by atoms with Crippen molar-refractivity contribution < 1.29 is 22.4 Å². The topological polar surface area (TPSA) is 140 Å². The van der Waals surface area contributed by atoms with Gasteiger partial charge in [0.2, 0.25) is 21.8 Å². The summed E-state index contributed by atoms with van der Waals surface area (Å²) in [5.74, 6) is 1.55. The van der Waals surface area contributed by atoms with Gasteiger partial charge in [0.25, 0.3) is 0 Å². The summed E-state index contributed by atoms with van der Waals surface area (Å²) in [7, 11) is -2.40. The zero-order valence-corrected chi connectivity index (χ0v) is 22.6. The highest BCUT2D eigenvalue weighted by Gasteiger charge is 2.31. The molecule has 2 aromatic carbocycles. The Balaban J connectivity index is 1.26. The lowest BCUT2D eigenvalue weighted by atomic mass is 9.86. The number of hydrogen-bond acceptors (Lipinski definition) is 8. The maximum atomic E-state index is 13.2. The normalized spacial score (nSPS) is 18.5. The predicted molar refractivity (Wildman–Crippen MR) is 141 cm³/mol. The van der Waals surface area contributed by atoms with E-state index in [1.54, 1.807) is 42.5 Å². The minimum absolute atomic E-state index is 0.139. The number of imidazole rings is 1. The molecule has 11 heteroatoms. The van der Waals surface area contributed by atoms with Crippen molar-refractivity contribution in [3.05, 3.63) is 59.8 Å². The average molecular weight is 538 g/mol. The first-order valence-electron chi connectivity index (χ1n) is 12.6. The van der Waals surface area contributed by atoms with E-state index in [2.05, 4.69) is 24.9 Å². The van der Waals surface area contributed by atoms with Gasteiger partial charge in [-0.1, -0.05) is 32.9 Å². The number of fused-ring (bicyclic) bond motifs is 1. The summed E-state index contributed by atoms with van der Waals surface area (Å²) in [6.45, 7) is 6.09. The zero-order valence-electron chi connectivity index (χ0n) is 21.8. The molecule has 1 aliphatic carbocycles. The molecule has 0 saturated heterocycles. The Morgan fingerprint density at radius 3 is 2.39 bits per heavy atom. The molecule has 0 aliphatic heterocycles. The number of carbonyl (C=O) groups is 1. The van der Waals surface area contributed by atoms with Crippen molar-refractivity contribution in [3.8, 4) is 11.4 Å². The van der Waals surface area contributed by atoms with Gasteiger partial charge in [0.1, 0.15) is 5.82 Å². The van der Waals surface area contributed by atoms with E-state index in [0.717, 1.165) is 18.4 Å². The van der Waals surface area contributed by atoms with Crippen molar-refractivity contribution in [3.63, 3.8) is 0 Å². The van der Waals surface area contributed by atoms with E-state index in [0.29, 0.717) is 47.0 Å². The standard InChI is InChI=1S/C27H31N5O5S/c1-27(2,3)26-31-30-24(37-26)17-9-11-19(12-10-17)32-38(34,35)20-13-14-21-22(15-20)29-23(28-21)16-5-7-18(8-6-16)25(33)36-4/h5-8,13-15,17,19,32H,9-12H2,1-4H3,(H,28,29)/t17-,19-. The summed E-state index contributed by atoms with van der Waals surface area (Å²) >= 11 is 0. The number of nitrogens with one attached hydrogen (secondary N) is 2. The highest BCUT2D eigenvalue weighted by Crippen LogP contribution is 2.34. The van der Waals surface area contributed by atoms with Gasteiger partial charge in [-0.3, -0.25) is 0 Å². The number of benzene rings is 2. The van der Waals surface area contributed by atoms with Crippen LogP contribution in [0.1, 0.15) is 74.5 Å². The van der Waals surface area contributed by atoms with E-state index in [1.807, 2.05) is 20.8 Å². The minimum Gasteiger partial charge on any atom is -0.465 e. The maximum absolute atomic E-state index is 13.2. The van der Waals surface area contributed by atoms with Gasteiger partial charge in [-0.25, -0.2) is 22.9 Å². The fraction of sp³-hybridized carbons (Fsp3) is 0.407. The third kappa shape index (κ3) is 5.34. The molecule has 0 unspecified atom stereocenters. The Morgan fingerprint density at radius 2 is 1.76 bits per heavy atom. The van der Waals surface area contributed by atoms with Crippen molar-refractivity contribution >= 4 is 27.0 Å². The summed E-state index contributed by atoms with van der Waals surface area (Å²) in [5.41, 5.74) is 2.25. The van der Waals surface area contributed by atoms with Crippen molar-refractivity contribution in [2.75, 3.05) is 7.11 Å². The molecule has 4 aromatic rings. The van der Waals surface area contributed by atoms with Crippen LogP contribution in [0.2, 0.25) is 0 Å². The number of hydrogen-bond donors (Lipinski definition) is 2. The number of esters is 1. The zero-order chi connectivity index (χ0) is 27.1. The molecule has 0 radical (unpaired) electrons. The van der Waals surface area contributed by atoms with Crippen LogP contribution < -0.4 is 4.72 Å². The molecule has 0 amide bonds. The molecular weight excluding hydrogens is 506 g/mol. The third-order valence-corrected chi connectivity index (χ3v) is 8.34. The smallest absolute Gasteiger partial charge is 0.337 e. The highest BCUT2D eigenvalue weighted by molar-refractivity contribution is 7.89. The van der Waals surface area contributed by atoms with E-state index in [4.69, 9.17) is 9.15 Å². The van der Waals surface area contributed by atoms with Crippen LogP contribution in [0.25, 0.3) is 22.4 Å². The fourth-order valence-corrected chi connectivity index (χ4v) is 5.94. The molecule has 1 aliphatic rings. The number of sulfonamides is 1. The van der Waals surface area contributed by atoms with E-state index in [1.165, 1.54) is 7.11 Å². The molecule has 200 valence electrons. The maximum Gasteiger partial charge on any atom is 0.337 e. The first-order valence-corrected chi connectivity index (χ1v) is 14.1. The summed E-state index contributed by atoms with van der Waals surface area (Å²) < 4.78 is 39.9. The largest absolute Gasteiger partial charge is 0.465 e. The van der Waals surface area contributed by atoms with Crippen molar-refractivity contribution in [1.82, 2.24) is 24.9 Å². The Bertz CT molecular complexity index is 1560. The minimum atomic E-state index is -3.73. The van der Waals surface area contributed by atoms with Crippen LogP contribution >= 0.6 is 0 Å². The lowest BCUT2D eigenvalue weighted by molar-refractivity contribution is 0.0600. The van der Waals surface area contributed by atoms with Crippen molar-refractivity contribution in [2.24, 2.45) is 0 Å². The Kier molecular flexibility index (Phi) is 6.83. The molecule has 2 heterocycles. The predicted octanol–water partition coefficient (Wildman–Crippen LogP) is 4.70. The summed E-state index contributed by atoms with van der Waals surface area (Å²) in [6, 6.07) is 11.5. The fourth-order valence-electron chi connectivity index (χ4n) is 4.62. The monoisotopic (exact) mass is 537 g/mol. The van der Waals surface area contributed by atoms with E-state index < -0.39 is 16.0 Å². The molecular formula is C27H31N5O5S. The van der Waals surface area contributed by atoms with E-state index in [-0.39, 0.29) is 22.3 Å². The summed E-state index contributed by atoms with van der Waals surface area (Å²) in [6.07, 6.45) is 2.92. The van der Waals surface area contributed by atoms with Gasteiger partial charge in [-0.05, 0) is 56.0 Å². The molecule has 2 aromatic heterocycles. The van der Waals surface area contributed by atoms with Crippen LogP contribution in [-0.4, -0.2) is 47.7 Å². The second kappa shape index (κ2) is 9.95. The number of ether oxygens (including phenoxy) is 1. The second-order valence-electron chi connectivity index (χ2n) is 10.7. The number of aromatic amines is 1. The quantitative estimate of drug-likeness (QED) is 0.337. The number of rotatable bonds is 6. The number of methoxy groups -OCH3 is 1. The molecule has 1 saturated carbocycles. The van der Waals surface area contributed by atoms with Gasteiger partial charge in [0.05, 0.1) is 28.6 Å². The molecule has 0 spiro atoms. The van der Waals surface area contributed by atoms with Gasteiger partial charge in [-0.2, -0.15) is 0 Å². The highest BCUT2D eigenvalue weighted by atomic mass is 32.2. The summed E-state index contributed by atoms with van der Waals surface area (Å²) in [5, 5.41) is 8.42. The summed E-state index contributed by atoms with van der Waals surface area (Å²) in [4.78, 5) is 19.6. The van der Waals surface area contributed by atoms with Gasteiger partial charge in [-0.15, -0.1) is 10.2 Å². The lowest BCUT2D eigenvalue weighted by Crippen LogP contribution is -2.37. The van der Waals surface area contributed by atoms with Crippen LogP contribution in [0.3, 0.4) is 0 Å². The SMILES string of the molecule is COC(=O)c1ccc(-c2nc3cc(S(=O)(=O)N[C@H]4CC[C@H](c5nnc(C(C)(C)C)o5)CC4)ccc3[nH]2)cc1. The first-order chi connectivity index (χ1) is 18.0. The van der Waals surface area contributed by atoms with Gasteiger partial charge in [0, 0.05) is 22.9 Å². The molecule has 38 heavy (non-hydrogen) atoms. The lowest BCUT2D eigenvalue weighted by Gasteiger charge is -2.27. The Labute approximate surface area is 221 Å². The molecule has 2 N–H and O–H groups in total. The number of carbonyl (C=O) groups excluding carboxylic acids is 1. The molecule has 0 atom stereocenters. The molecule has 1 fully saturated rings. The van der Waals surface area contributed by atoms with Crippen LogP contribution in [-0.2, 0) is 20.2 Å². The van der Waals surface area contributed by atoms with Crippen LogP contribution in [0.4, 0.5) is 0 Å².